The topological polar surface area (TPSA) is 15.7 Å². The summed E-state index contributed by atoms with van der Waals surface area (Å²) in [6, 6.07) is 18.9. The summed E-state index contributed by atoms with van der Waals surface area (Å²) in [5.41, 5.74) is 1.31. The molecule has 1 aliphatic heterocycles. The molecular weight excluding hydrogens is 311 g/mol. The van der Waals surface area contributed by atoms with E-state index in [4.69, 9.17) is 17.0 Å². The van der Waals surface area contributed by atoms with Gasteiger partial charge in [-0.2, -0.15) is 0 Å². The fourth-order valence-electron chi connectivity index (χ4n) is 2.66. The van der Waals surface area contributed by atoms with Crippen LogP contribution in [-0.4, -0.2) is 38.0 Å². The first-order valence-electron chi connectivity index (χ1n) is 7.46. The van der Waals surface area contributed by atoms with Crippen molar-refractivity contribution in [2.45, 2.75) is 0 Å². The molecule has 1 saturated heterocycles. The maximum atomic E-state index is 5.22. The van der Waals surface area contributed by atoms with Crippen molar-refractivity contribution in [3.05, 3.63) is 54.6 Å². The molecule has 116 valence electrons. The van der Waals surface area contributed by atoms with Gasteiger partial charge in [0, 0.05) is 37.2 Å². The number of methoxy groups -OCH3 is 1. The van der Waals surface area contributed by atoms with E-state index < -0.39 is 7.27 Å². The number of rotatable bonds is 4. The number of hydrogen-bond donors (Lipinski definition) is 1. The molecule has 1 heterocycles. The number of para-hydroxylation sites is 1. The van der Waals surface area contributed by atoms with Gasteiger partial charge in [0.15, 0.2) is 0 Å². The molecule has 22 heavy (non-hydrogen) atoms. The first-order chi connectivity index (χ1) is 10.8. The third kappa shape index (κ3) is 3.57. The molecule has 2 aromatic rings. The Morgan fingerprint density at radius 2 is 1.55 bits per heavy atom. The second kappa shape index (κ2) is 7.36. The summed E-state index contributed by atoms with van der Waals surface area (Å²) in [4.78, 5) is 2.45. The third-order valence-corrected chi connectivity index (χ3v) is 7.10. The fraction of sp³-hybridized carbons (Fsp3) is 0.294. The zero-order chi connectivity index (χ0) is 15.4. The molecule has 0 saturated carbocycles. The normalized spacial score (nSPS) is 17.3. The Balaban J connectivity index is 1.60. The largest absolute Gasteiger partial charge is 0.497 e. The second-order valence-electron chi connectivity index (χ2n) is 5.26. The van der Waals surface area contributed by atoms with Gasteiger partial charge in [-0.05, 0) is 36.4 Å². The average molecular weight is 332 g/mol. The summed E-state index contributed by atoms with van der Waals surface area (Å²) in [5, 5.41) is 1.28. The zero-order valence-corrected chi connectivity index (χ0v) is 14.5. The standard InChI is InChI=1S/C17H21N2OPS/c1-20-16-7-9-17(10-8-16)21(22)19-13-11-18(12-14-19)15-5-3-2-4-6-15/h2-10,22H,11-14H2,1H3. The van der Waals surface area contributed by atoms with Gasteiger partial charge >= 0.3 is 0 Å². The minimum atomic E-state index is -0.554. The lowest BCUT2D eigenvalue weighted by molar-refractivity contribution is 0.414. The quantitative estimate of drug-likeness (QED) is 0.683. The minimum Gasteiger partial charge on any atom is -0.497 e. The van der Waals surface area contributed by atoms with E-state index in [2.05, 4.69) is 52.0 Å². The number of nitrogens with zero attached hydrogens (tertiary/aromatic N) is 2. The van der Waals surface area contributed by atoms with Crippen LogP contribution in [0.15, 0.2) is 54.6 Å². The smallest absolute Gasteiger partial charge is 0.118 e. The van der Waals surface area contributed by atoms with Crippen LogP contribution in [0.3, 0.4) is 0 Å². The van der Waals surface area contributed by atoms with Crippen molar-refractivity contribution in [3.63, 3.8) is 0 Å². The Bertz CT molecular complexity index is 585. The van der Waals surface area contributed by atoms with Gasteiger partial charge in [-0.3, -0.25) is 4.67 Å². The van der Waals surface area contributed by atoms with Crippen LogP contribution in [0.1, 0.15) is 0 Å². The Morgan fingerprint density at radius 3 is 2.14 bits per heavy atom. The Hall–Kier alpha value is -1.22. The molecule has 1 unspecified atom stereocenters. The molecule has 3 nitrogen and oxygen atoms in total. The van der Waals surface area contributed by atoms with Crippen LogP contribution in [0.5, 0.6) is 5.75 Å². The van der Waals surface area contributed by atoms with Crippen LogP contribution in [0.25, 0.3) is 0 Å². The lowest BCUT2D eigenvalue weighted by Gasteiger charge is -2.38. The second-order valence-corrected chi connectivity index (χ2v) is 8.06. The van der Waals surface area contributed by atoms with Crippen molar-refractivity contribution < 1.29 is 4.74 Å². The molecule has 5 heteroatoms. The molecule has 0 amide bonds. The van der Waals surface area contributed by atoms with Crippen LogP contribution >= 0.6 is 19.5 Å². The van der Waals surface area contributed by atoms with E-state index in [1.54, 1.807) is 7.11 Å². The van der Waals surface area contributed by atoms with Crippen molar-refractivity contribution in [1.29, 1.82) is 0 Å². The molecule has 0 N–H and O–H groups in total. The van der Waals surface area contributed by atoms with Gasteiger partial charge < -0.3 is 9.64 Å². The monoisotopic (exact) mass is 332 g/mol. The van der Waals surface area contributed by atoms with Crippen LogP contribution in [-0.2, 0) is 0 Å². The highest BCUT2D eigenvalue weighted by Crippen LogP contribution is 2.44. The number of hydrogen-bond acceptors (Lipinski definition) is 4. The van der Waals surface area contributed by atoms with E-state index in [1.807, 2.05) is 12.1 Å². The zero-order valence-electron chi connectivity index (χ0n) is 12.7. The van der Waals surface area contributed by atoms with Crippen LogP contribution in [0, 0.1) is 0 Å². The minimum absolute atomic E-state index is 0.554. The first kappa shape index (κ1) is 15.7. The van der Waals surface area contributed by atoms with Gasteiger partial charge in [-0.15, -0.1) is 12.2 Å². The predicted molar refractivity (Wildman–Crippen MR) is 98.8 cm³/mol. The van der Waals surface area contributed by atoms with E-state index in [0.29, 0.717) is 0 Å². The van der Waals surface area contributed by atoms with Gasteiger partial charge in [0.1, 0.15) is 5.75 Å². The summed E-state index contributed by atoms with van der Waals surface area (Å²) in [6.45, 7) is 4.21. The predicted octanol–water partition coefficient (Wildman–Crippen LogP) is 3.38. The Labute approximate surface area is 138 Å². The molecule has 2 aromatic carbocycles. The Morgan fingerprint density at radius 1 is 0.909 bits per heavy atom. The number of piperazine rings is 1. The van der Waals surface area contributed by atoms with Crippen LogP contribution < -0.4 is 14.9 Å². The molecule has 0 aliphatic carbocycles. The number of ether oxygens (including phenoxy) is 1. The van der Waals surface area contributed by atoms with Crippen LogP contribution in [0.4, 0.5) is 5.69 Å². The lowest BCUT2D eigenvalue weighted by Crippen LogP contribution is -2.44. The van der Waals surface area contributed by atoms with E-state index in [9.17, 15) is 0 Å². The van der Waals surface area contributed by atoms with E-state index in [1.165, 1.54) is 11.0 Å². The van der Waals surface area contributed by atoms with Gasteiger partial charge in [0.05, 0.1) is 14.4 Å². The fourth-order valence-corrected chi connectivity index (χ4v) is 4.90. The van der Waals surface area contributed by atoms with Crippen molar-refractivity contribution in [1.82, 2.24) is 4.67 Å². The highest BCUT2D eigenvalue weighted by atomic mass is 32.7. The summed E-state index contributed by atoms with van der Waals surface area (Å²) in [6.07, 6.45) is 0. The summed E-state index contributed by atoms with van der Waals surface area (Å²) >= 11 is 4.87. The number of thiol groups is 1. The van der Waals surface area contributed by atoms with Gasteiger partial charge in [-0.1, -0.05) is 18.2 Å². The van der Waals surface area contributed by atoms with Crippen molar-refractivity contribution in [3.8, 4) is 5.75 Å². The summed E-state index contributed by atoms with van der Waals surface area (Å²) < 4.78 is 7.71. The molecule has 0 aromatic heterocycles. The number of benzene rings is 2. The molecular formula is C17H21N2OPS. The van der Waals surface area contributed by atoms with Crippen molar-refractivity contribution in [2.24, 2.45) is 0 Å². The van der Waals surface area contributed by atoms with E-state index in [-0.39, 0.29) is 0 Å². The summed E-state index contributed by atoms with van der Waals surface area (Å²) in [5.74, 6) is 0.898. The third-order valence-electron chi connectivity index (χ3n) is 3.95. The molecule has 0 radical (unpaired) electrons. The van der Waals surface area contributed by atoms with Crippen molar-refractivity contribution in [2.75, 3.05) is 38.2 Å². The summed E-state index contributed by atoms with van der Waals surface area (Å²) in [7, 11) is 1.14. The van der Waals surface area contributed by atoms with E-state index in [0.717, 1.165) is 31.9 Å². The molecule has 0 bridgehead atoms. The average Bonchev–Trinajstić information content (AvgIpc) is 2.62. The Kier molecular flexibility index (Phi) is 5.24. The molecule has 3 rings (SSSR count). The maximum Gasteiger partial charge on any atom is 0.118 e. The highest BCUT2D eigenvalue weighted by molar-refractivity contribution is 8.47. The van der Waals surface area contributed by atoms with Crippen LogP contribution in [0.2, 0.25) is 0 Å². The molecule has 1 atom stereocenters. The van der Waals surface area contributed by atoms with Gasteiger partial charge in [-0.25, -0.2) is 0 Å². The molecule has 1 fully saturated rings. The SMILES string of the molecule is COc1ccc(P(S)N2CCN(c3ccccc3)CC2)cc1. The van der Waals surface area contributed by atoms with Crippen molar-refractivity contribution >= 4 is 30.5 Å². The van der Waals surface area contributed by atoms with Gasteiger partial charge in [0.2, 0.25) is 0 Å². The molecule has 1 aliphatic rings. The highest BCUT2D eigenvalue weighted by Gasteiger charge is 2.22. The maximum absolute atomic E-state index is 5.22. The van der Waals surface area contributed by atoms with E-state index >= 15 is 0 Å². The van der Waals surface area contributed by atoms with Gasteiger partial charge in [0.25, 0.3) is 0 Å². The first-order valence-corrected chi connectivity index (χ1v) is 9.90. The number of anilines is 1. The molecule has 0 spiro atoms. The lowest BCUT2D eigenvalue weighted by atomic mass is 10.2.